The highest BCUT2D eigenvalue weighted by Crippen LogP contribution is 2.31. The molecular formula is C40H26N4. The molecule has 0 aliphatic rings. The summed E-state index contributed by atoms with van der Waals surface area (Å²) in [5, 5.41) is 2.17. The predicted octanol–water partition coefficient (Wildman–Crippen LogP) is 9.91. The summed E-state index contributed by atoms with van der Waals surface area (Å²) < 4.78 is 0. The van der Waals surface area contributed by atoms with E-state index in [1.54, 1.807) is 12.4 Å². The van der Waals surface area contributed by atoms with Crippen LogP contribution in [0.2, 0.25) is 0 Å². The van der Waals surface area contributed by atoms with Crippen LogP contribution in [-0.4, -0.2) is 19.9 Å². The van der Waals surface area contributed by atoms with Crippen molar-refractivity contribution in [3.63, 3.8) is 0 Å². The molecule has 0 spiro atoms. The van der Waals surface area contributed by atoms with Crippen LogP contribution in [0.15, 0.2) is 158 Å². The molecule has 0 bridgehead atoms. The summed E-state index contributed by atoms with van der Waals surface area (Å²) in [6, 6.07) is 50.5. The highest BCUT2D eigenvalue weighted by Gasteiger charge is 2.10. The Kier molecular flexibility index (Phi) is 6.43. The number of hydrogen-bond donors (Lipinski definition) is 0. The third-order valence-corrected chi connectivity index (χ3v) is 8.03. The van der Waals surface area contributed by atoms with Crippen LogP contribution in [0.1, 0.15) is 0 Å². The maximum absolute atomic E-state index is 5.11. The molecule has 206 valence electrons. The van der Waals surface area contributed by atoms with E-state index in [1.165, 1.54) is 11.1 Å². The van der Waals surface area contributed by atoms with Gasteiger partial charge >= 0.3 is 0 Å². The first-order valence-electron chi connectivity index (χ1n) is 14.6. The van der Waals surface area contributed by atoms with Gasteiger partial charge in [0.1, 0.15) is 0 Å². The highest BCUT2D eigenvalue weighted by atomic mass is 14.8. The Morgan fingerprint density at radius 3 is 1.16 bits per heavy atom. The molecule has 3 heterocycles. The predicted molar refractivity (Wildman–Crippen MR) is 180 cm³/mol. The largest absolute Gasteiger partial charge is 0.245 e. The topological polar surface area (TPSA) is 51.6 Å². The van der Waals surface area contributed by atoms with E-state index >= 15 is 0 Å². The van der Waals surface area contributed by atoms with Crippen molar-refractivity contribution in [2.75, 3.05) is 0 Å². The number of nitrogens with zero attached hydrogens (tertiary/aromatic N) is 4. The molecule has 0 N–H and O–H groups in total. The molecule has 0 amide bonds. The highest BCUT2D eigenvalue weighted by molar-refractivity contribution is 6.04. The molecule has 0 saturated heterocycles. The standard InChI is InChI=1S/C40H26N4/c1-2-5-31(6-3-1)36-23-21-33-17-18-34-22-24-37(44-39(34)38(33)43-36)32-15-11-29(12-16-32)27-7-9-28(10-8-27)30-13-19-35(20-14-30)40-41-25-4-26-42-40/h1-26H. The third kappa shape index (κ3) is 4.89. The lowest BCUT2D eigenvalue weighted by Gasteiger charge is -2.09. The van der Waals surface area contributed by atoms with Crippen molar-refractivity contribution in [1.29, 1.82) is 0 Å². The van der Waals surface area contributed by atoms with Crippen LogP contribution in [0.25, 0.3) is 78.0 Å². The minimum absolute atomic E-state index is 0.735. The Labute approximate surface area is 255 Å². The number of aromatic nitrogens is 4. The van der Waals surface area contributed by atoms with E-state index in [-0.39, 0.29) is 0 Å². The molecule has 0 unspecified atom stereocenters. The number of pyridine rings is 2. The van der Waals surface area contributed by atoms with Crippen molar-refractivity contribution < 1.29 is 0 Å². The molecule has 5 aromatic carbocycles. The zero-order valence-corrected chi connectivity index (χ0v) is 23.8. The van der Waals surface area contributed by atoms with Crippen molar-refractivity contribution in [2.45, 2.75) is 0 Å². The maximum atomic E-state index is 5.11. The van der Waals surface area contributed by atoms with Gasteiger partial charge in [-0.1, -0.05) is 127 Å². The minimum atomic E-state index is 0.735. The minimum Gasteiger partial charge on any atom is -0.245 e. The van der Waals surface area contributed by atoms with Gasteiger partial charge in [0.2, 0.25) is 0 Å². The summed E-state index contributed by atoms with van der Waals surface area (Å²) in [7, 11) is 0. The Morgan fingerprint density at radius 2 is 0.682 bits per heavy atom. The SMILES string of the molecule is c1ccc(-c2ccc3ccc4ccc(-c5ccc(-c6ccc(-c7ccc(-c8ncccn8)cc7)cc6)cc5)nc4c3n2)cc1. The zero-order chi connectivity index (χ0) is 29.3. The summed E-state index contributed by atoms with van der Waals surface area (Å²) in [6.07, 6.45) is 3.53. The molecule has 8 aromatic rings. The van der Waals surface area contributed by atoms with E-state index in [9.17, 15) is 0 Å². The first kappa shape index (κ1) is 25.7. The quantitative estimate of drug-likeness (QED) is 0.196. The molecular weight excluding hydrogens is 536 g/mol. The second kappa shape index (κ2) is 11.0. The first-order chi connectivity index (χ1) is 21.8. The van der Waals surface area contributed by atoms with E-state index in [4.69, 9.17) is 9.97 Å². The monoisotopic (exact) mass is 562 g/mol. The lowest BCUT2D eigenvalue weighted by molar-refractivity contribution is 1.18. The Bertz CT molecular complexity index is 2230. The number of benzene rings is 5. The molecule has 4 nitrogen and oxygen atoms in total. The second-order valence-electron chi connectivity index (χ2n) is 10.8. The van der Waals surface area contributed by atoms with Gasteiger partial charge in [-0.15, -0.1) is 0 Å². The normalized spacial score (nSPS) is 11.2. The van der Waals surface area contributed by atoms with Crippen LogP contribution in [0, 0.1) is 0 Å². The molecule has 3 aromatic heterocycles. The Morgan fingerprint density at radius 1 is 0.295 bits per heavy atom. The van der Waals surface area contributed by atoms with Gasteiger partial charge in [0.15, 0.2) is 5.82 Å². The first-order valence-corrected chi connectivity index (χ1v) is 14.6. The second-order valence-corrected chi connectivity index (χ2v) is 10.8. The maximum Gasteiger partial charge on any atom is 0.159 e. The lowest BCUT2D eigenvalue weighted by atomic mass is 9.98. The summed E-state index contributed by atoms with van der Waals surface area (Å²) in [5.74, 6) is 0.735. The fourth-order valence-electron chi connectivity index (χ4n) is 5.65. The van der Waals surface area contributed by atoms with Gasteiger partial charge in [-0.25, -0.2) is 19.9 Å². The summed E-state index contributed by atoms with van der Waals surface area (Å²) in [6.45, 7) is 0. The van der Waals surface area contributed by atoms with Gasteiger partial charge in [-0.3, -0.25) is 0 Å². The van der Waals surface area contributed by atoms with Gasteiger partial charge in [-0.2, -0.15) is 0 Å². The van der Waals surface area contributed by atoms with Gasteiger partial charge < -0.3 is 0 Å². The van der Waals surface area contributed by atoms with Crippen molar-refractivity contribution in [2.24, 2.45) is 0 Å². The van der Waals surface area contributed by atoms with Crippen molar-refractivity contribution >= 4 is 21.8 Å². The average Bonchev–Trinajstić information content (AvgIpc) is 3.12. The number of hydrogen-bond acceptors (Lipinski definition) is 4. The van der Waals surface area contributed by atoms with Gasteiger partial charge in [0.25, 0.3) is 0 Å². The molecule has 0 aliphatic carbocycles. The van der Waals surface area contributed by atoms with E-state index in [0.29, 0.717) is 0 Å². The summed E-state index contributed by atoms with van der Waals surface area (Å²) in [4.78, 5) is 18.8. The third-order valence-electron chi connectivity index (χ3n) is 8.03. The molecule has 4 heteroatoms. The number of fused-ring (bicyclic) bond motifs is 3. The summed E-state index contributed by atoms with van der Waals surface area (Å²) >= 11 is 0. The van der Waals surface area contributed by atoms with Crippen LogP contribution in [-0.2, 0) is 0 Å². The van der Waals surface area contributed by atoms with E-state index in [1.807, 2.05) is 24.3 Å². The zero-order valence-electron chi connectivity index (χ0n) is 23.8. The fraction of sp³-hybridized carbons (Fsp3) is 0. The number of rotatable bonds is 5. The van der Waals surface area contributed by atoms with Gasteiger partial charge in [0.05, 0.1) is 22.4 Å². The summed E-state index contributed by atoms with van der Waals surface area (Å²) in [5.41, 5.74) is 11.6. The molecule has 0 atom stereocenters. The van der Waals surface area contributed by atoms with Gasteiger partial charge in [-0.05, 0) is 40.5 Å². The fourth-order valence-corrected chi connectivity index (χ4v) is 5.65. The van der Waals surface area contributed by atoms with E-state index < -0.39 is 0 Å². The van der Waals surface area contributed by atoms with Crippen molar-refractivity contribution in [1.82, 2.24) is 19.9 Å². The lowest BCUT2D eigenvalue weighted by Crippen LogP contribution is -1.91. The van der Waals surface area contributed by atoms with Gasteiger partial charge in [0, 0.05) is 39.9 Å². The van der Waals surface area contributed by atoms with E-state index in [0.717, 1.165) is 66.8 Å². The smallest absolute Gasteiger partial charge is 0.159 e. The molecule has 8 rings (SSSR count). The molecule has 44 heavy (non-hydrogen) atoms. The van der Waals surface area contributed by atoms with Crippen LogP contribution >= 0.6 is 0 Å². The van der Waals surface area contributed by atoms with Crippen LogP contribution < -0.4 is 0 Å². The molecule has 0 saturated carbocycles. The van der Waals surface area contributed by atoms with Crippen LogP contribution in [0.3, 0.4) is 0 Å². The van der Waals surface area contributed by atoms with E-state index in [2.05, 4.69) is 131 Å². The van der Waals surface area contributed by atoms with Crippen molar-refractivity contribution in [3.05, 3.63) is 158 Å². The molecule has 0 radical (unpaired) electrons. The Balaban J connectivity index is 1.06. The van der Waals surface area contributed by atoms with Crippen LogP contribution in [0.5, 0.6) is 0 Å². The van der Waals surface area contributed by atoms with Crippen LogP contribution in [0.4, 0.5) is 0 Å². The Hall–Kier alpha value is -6.00. The molecule has 0 fully saturated rings. The molecule has 0 aliphatic heterocycles. The average molecular weight is 563 g/mol. The van der Waals surface area contributed by atoms with Crippen molar-refractivity contribution in [3.8, 4) is 56.2 Å².